The Labute approximate surface area is 146 Å². The van der Waals surface area contributed by atoms with Gasteiger partial charge in [-0.25, -0.2) is 4.98 Å². The van der Waals surface area contributed by atoms with Gasteiger partial charge < -0.3 is 14.4 Å². The normalized spacial score (nSPS) is 30.7. The van der Waals surface area contributed by atoms with Gasteiger partial charge in [-0.15, -0.1) is 11.3 Å². The molecule has 0 unspecified atom stereocenters. The summed E-state index contributed by atoms with van der Waals surface area (Å²) in [5.41, 5.74) is 0. The number of amides is 1. The molecule has 1 aromatic heterocycles. The fraction of sp³-hybridized carbons (Fsp3) is 0.765. The molecule has 0 N–H and O–H groups in total. The Morgan fingerprint density at radius 3 is 3.00 bits per heavy atom. The van der Waals surface area contributed by atoms with Crippen LogP contribution < -0.4 is 0 Å². The maximum Gasteiger partial charge on any atom is 0.248 e. The predicted octanol–water partition coefficient (Wildman–Crippen LogP) is 1.51. The lowest BCUT2D eigenvalue weighted by molar-refractivity contribution is -0.145. The van der Waals surface area contributed by atoms with Crippen LogP contribution in [0.3, 0.4) is 0 Å². The number of rotatable bonds is 5. The number of ether oxygens (including phenoxy) is 2. The number of hydrogen-bond donors (Lipinski definition) is 0. The average Bonchev–Trinajstić information content (AvgIpc) is 3.34. The number of thiazole rings is 1. The van der Waals surface area contributed by atoms with Crippen molar-refractivity contribution in [3.8, 4) is 0 Å². The second-order valence-electron chi connectivity index (χ2n) is 6.81. The highest BCUT2D eigenvalue weighted by Crippen LogP contribution is 2.33. The highest BCUT2D eigenvalue weighted by Gasteiger charge is 2.43. The quantitative estimate of drug-likeness (QED) is 0.805. The molecule has 1 aromatic rings. The third-order valence-corrected chi connectivity index (χ3v) is 6.12. The zero-order valence-electron chi connectivity index (χ0n) is 13.9. The van der Waals surface area contributed by atoms with Crippen molar-refractivity contribution in [2.24, 2.45) is 0 Å². The molecule has 1 saturated carbocycles. The molecule has 2 saturated heterocycles. The molecule has 7 heteroatoms. The third kappa shape index (κ3) is 3.49. The fourth-order valence-electron chi connectivity index (χ4n) is 4.11. The summed E-state index contributed by atoms with van der Waals surface area (Å²) >= 11 is 1.70. The van der Waals surface area contributed by atoms with E-state index in [0.717, 1.165) is 63.5 Å². The Morgan fingerprint density at radius 1 is 1.33 bits per heavy atom. The van der Waals surface area contributed by atoms with Crippen molar-refractivity contribution in [1.82, 2.24) is 14.8 Å². The largest absolute Gasteiger partial charge is 0.373 e. The Bertz CT molecular complexity index is 547. The van der Waals surface area contributed by atoms with E-state index in [-0.39, 0.29) is 24.7 Å². The standard InChI is InChI=1S/C17H25N3O3S/c21-16(19-6-1-2-7-19)12-23-14-4-3-13-17(14)22-9-8-20(13)11-15-18-5-10-24-15/h5,10,13-14,17H,1-4,6-9,11-12H2/t13-,14+,17+/m0/s1. The van der Waals surface area contributed by atoms with Gasteiger partial charge in [0, 0.05) is 37.3 Å². The van der Waals surface area contributed by atoms with Gasteiger partial charge in [-0.1, -0.05) is 0 Å². The molecule has 3 fully saturated rings. The van der Waals surface area contributed by atoms with Gasteiger partial charge in [-0.3, -0.25) is 9.69 Å². The molecule has 24 heavy (non-hydrogen) atoms. The van der Waals surface area contributed by atoms with E-state index in [1.165, 1.54) is 0 Å². The summed E-state index contributed by atoms with van der Waals surface area (Å²) in [6, 6.07) is 0.384. The Morgan fingerprint density at radius 2 is 2.21 bits per heavy atom. The molecule has 1 amide bonds. The summed E-state index contributed by atoms with van der Waals surface area (Å²) < 4.78 is 12.0. The summed E-state index contributed by atoms with van der Waals surface area (Å²) in [6.07, 6.45) is 6.27. The minimum Gasteiger partial charge on any atom is -0.373 e. The maximum atomic E-state index is 12.2. The molecule has 0 spiro atoms. The van der Waals surface area contributed by atoms with E-state index in [1.807, 2.05) is 16.5 Å². The fourth-order valence-corrected chi connectivity index (χ4v) is 4.75. The SMILES string of the molecule is O=C(CO[C@@H]1CC[C@H]2[C@H]1OCCN2Cc1nccs1)N1CCCC1. The Balaban J connectivity index is 1.31. The minimum atomic E-state index is 0.0423. The number of fused-ring (bicyclic) bond motifs is 1. The van der Waals surface area contributed by atoms with E-state index in [0.29, 0.717) is 6.04 Å². The van der Waals surface area contributed by atoms with Gasteiger partial charge in [0.15, 0.2) is 0 Å². The lowest BCUT2D eigenvalue weighted by atomic mass is 10.1. The summed E-state index contributed by atoms with van der Waals surface area (Å²) in [5, 5.41) is 3.18. The van der Waals surface area contributed by atoms with E-state index < -0.39 is 0 Å². The van der Waals surface area contributed by atoms with E-state index in [1.54, 1.807) is 11.3 Å². The molecular weight excluding hydrogens is 326 g/mol. The zero-order valence-corrected chi connectivity index (χ0v) is 14.7. The van der Waals surface area contributed by atoms with Crippen molar-refractivity contribution in [3.05, 3.63) is 16.6 Å². The predicted molar refractivity (Wildman–Crippen MR) is 90.8 cm³/mol. The second kappa shape index (κ2) is 7.47. The van der Waals surface area contributed by atoms with Crippen LogP contribution in [0.5, 0.6) is 0 Å². The minimum absolute atomic E-state index is 0.0423. The van der Waals surface area contributed by atoms with Crippen LogP contribution in [-0.2, 0) is 20.8 Å². The van der Waals surface area contributed by atoms with Crippen molar-refractivity contribution < 1.29 is 14.3 Å². The number of carbonyl (C=O) groups excluding carboxylic acids is 1. The van der Waals surface area contributed by atoms with Crippen molar-refractivity contribution in [2.75, 3.05) is 32.8 Å². The zero-order chi connectivity index (χ0) is 16.4. The lowest BCUT2D eigenvalue weighted by Crippen LogP contribution is -2.51. The topological polar surface area (TPSA) is 54.9 Å². The number of hydrogen-bond acceptors (Lipinski definition) is 6. The molecule has 4 rings (SSSR count). The van der Waals surface area contributed by atoms with Crippen LogP contribution in [0.15, 0.2) is 11.6 Å². The number of carbonyl (C=O) groups is 1. The monoisotopic (exact) mass is 351 g/mol. The summed E-state index contributed by atoms with van der Waals surface area (Å²) in [5.74, 6) is 0.131. The van der Waals surface area contributed by atoms with Gasteiger partial charge >= 0.3 is 0 Å². The van der Waals surface area contributed by atoms with E-state index in [4.69, 9.17) is 9.47 Å². The maximum absolute atomic E-state index is 12.2. The smallest absolute Gasteiger partial charge is 0.248 e. The highest BCUT2D eigenvalue weighted by atomic mass is 32.1. The number of likely N-dealkylation sites (tertiary alicyclic amines) is 1. The van der Waals surface area contributed by atoms with Crippen molar-refractivity contribution in [3.63, 3.8) is 0 Å². The van der Waals surface area contributed by atoms with Crippen LogP contribution in [0.4, 0.5) is 0 Å². The lowest BCUT2D eigenvalue weighted by Gasteiger charge is -2.38. The van der Waals surface area contributed by atoms with Gasteiger partial charge in [0.05, 0.1) is 25.4 Å². The van der Waals surface area contributed by atoms with Crippen LogP contribution >= 0.6 is 11.3 Å². The summed E-state index contributed by atoms with van der Waals surface area (Å²) in [6.45, 7) is 4.53. The van der Waals surface area contributed by atoms with Gasteiger partial charge in [0.1, 0.15) is 11.6 Å². The molecule has 0 aromatic carbocycles. The first-order valence-corrected chi connectivity index (χ1v) is 9.82. The van der Waals surface area contributed by atoms with Crippen molar-refractivity contribution >= 4 is 17.2 Å². The molecule has 0 bridgehead atoms. The van der Waals surface area contributed by atoms with Gasteiger partial charge in [-0.2, -0.15) is 0 Å². The molecule has 1 aliphatic carbocycles. The number of nitrogens with zero attached hydrogens (tertiary/aromatic N) is 3. The number of morpholine rings is 1. The highest BCUT2D eigenvalue weighted by molar-refractivity contribution is 7.09. The Hall–Kier alpha value is -1.02. The van der Waals surface area contributed by atoms with Crippen LogP contribution in [-0.4, -0.2) is 71.8 Å². The molecular formula is C17H25N3O3S. The first-order valence-electron chi connectivity index (χ1n) is 8.94. The van der Waals surface area contributed by atoms with Crippen molar-refractivity contribution in [1.29, 1.82) is 0 Å². The van der Waals surface area contributed by atoms with Gasteiger partial charge in [-0.05, 0) is 25.7 Å². The van der Waals surface area contributed by atoms with Gasteiger partial charge in [0.25, 0.3) is 0 Å². The third-order valence-electron chi connectivity index (χ3n) is 5.35. The van der Waals surface area contributed by atoms with Crippen LogP contribution in [0.1, 0.15) is 30.7 Å². The molecule has 0 radical (unpaired) electrons. The first-order chi connectivity index (χ1) is 11.8. The van der Waals surface area contributed by atoms with E-state index >= 15 is 0 Å². The van der Waals surface area contributed by atoms with E-state index in [9.17, 15) is 4.79 Å². The first kappa shape index (κ1) is 16.4. The molecule has 2 aliphatic heterocycles. The molecule has 3 aliphatic rings. The van der Waals surface area contributed by atoms with Crippen LogP contribution in [0.25, 0.3) is 0 Å². The van der Waals surface area contributed by atoms with Crippen LogP contribution in [0.2, 0.25) is 0 Å². The molecule has 3 heterocycles. The summed E-state index contributed by atoms with van der Waals surface area (Å²) in [7, 11) is 0. The number of aromatic nitrogens is 1. The van der Waals surface area contributed by atoms with E-state index in [2.05, 4.69) is 9.88 Å². The van der Waals surface area contributed by atoms with Gasteiger partial charge in [0.2, 0.25) is 5.91 Å². The van der Waals surface area contributed by atoms with Crippen LogP contribution in [0, 0.1) is 0 Å². The molecule has 132 valence electrons. The summed E-state index contributed by atoms with van der Waals surface area (Å²) in [4.78, 5) is 21.0. The second-order valence-corrected chi connectivity index (χ2v) is 7.79. The molecule has 3 atom stereocenters. The Kier molecular flexibility index (Phi) is 5.12. The average molecular weight is 351 g/mol. The molecule has 6 nitrogen and oxygen atoms in total. The van der Waals surface area contributed by atoms with Crippen molar-refractivity contribution in [2.45, 2.75) is 50.5 Å².